The molecule has 0 radical (unpaired) electrons. The Labute approximate surface area is 147 Å². The Morgan fingerprint density at radius 3 is 2.48 bits per heavy atom. The molecule has 0 unspecified atom stereocenters. The molecule has 2 aromatic carbocycles. The van der Waals surface area contributed by atoms with Gasteiger partial charge in [0, 0.05) is 10.0 Å². The average molecular weight is 398 g/mol. The standard InChI is InChI=1S/C16H14BrClN2O3/c1-10(23-14-8-7-12(17)9-13(14)18)15(21)19-20-16(22)11-5-3-2-4-6-11/h2-10H,1H3,(H,19,21)(H,20,22)/t10-/m1/s1. The quantitative estimate of drug-likeness (QED) is 0.778. The fraction of sp³-hybridized carbons (Fsp3) is 0.125. The zero-order valence-corrected chi connectivity index (χ0v) is 14.5. The Hall–Kier alpha value is -2.05. The topological polar surface area (TPSA) is 67.4 Å². The maximum Gasteiger partial charge on any atom is 0.279 e. The number of hydrazine groups is 1. The lowest BCUT2D eigenvalue weighted by Gasteiger charge is -2.16. The lowest BCUT2D eigenvalue weighted by atomic mass is 10.2. The van der Waals surface area contributed by atoms with Crippen LogP contribution in [0.15, 0.2) is 53.0 Å². The molecule has 2 N–H and O–H groups in total. The van der Waals surface area contributed by atoms with E-state index in [-0.39, 0.29) is 0 Å². The Balaban J connectivity index is 1.89. The van der Waals surface area contributed by atoms with Gasteiger partial charge in [0.05, 0.1) is 5.02 Å². The van der Waals surface area contributed by atoms with Gasteiger partial charge in [-0.3, -0.25) is 20.4 Å². The minimum atomic E-state index is -0.829. The van der Waals surface area contributed by atoms with E-state index in [1.807, 2.05) is 0 Å². The largest absolute Gasteiger partial charge is 0.479 e. The van der Waals surface area contributed by atoms with Crippen LogP contribution in [0.4, 0.5) is 0 Å². The second kappa shape index (κ2) is 7.99. The van der Waals surface area contributed by atoms with Crippen molar-refractivity contribution in [1.82, 2.24) is 10.9 Å². The lowest BCUT2D eigenvalue weighted by Crippen LogP contribution is -2.47. The first kappa shape index (κ1) is 17.3. The highest BCUT2D eigenvalue weighted by Gasteiger charge is 2.17. The van der Waals surface area contributed by atoms with Crippen LogP contribution in [0.2, 0.25) is 5.02 Å². The van der Waals surface area contributed by atoms with Crippen LogP contribution in [0.3, 0.4) is 0 Å². The molecule has 0 aliphatic carbocycles. The Bertz CT molecular complexity index is 710. The highest BCUT2D eigenvalue weighted by atomic mass is 79.9. The Kier molecular flexibility index (Phi) is 6.01. The molecule has 0 aromatic heterocycles. The van der Waals surface area contributed by atoms with Crippen molar-refractivity contribution in [2.45, 2.75) is 13.0 Å². The molecule has 0 fully saturated rings. The number of carbonyl (C=O) groups excluding carboxylic acids is 2. The molecule has 0 aliphatic heterocycles. The summed E-state index contributed by atoms with van der Waals surface area (Å²) < 4.78 is 6.29. The van der Waals surface area contributed by atoms with Crippen molar-refractivity contribution in [2.75, 3.05) is 0 Å². The average Bonchev–Trinajstić information content (AvgIpc) is 2.55. The molecule has 7 heteroatoms. The zero-order valence-electron chi connectivity index (χ0n) is 12.2. The summed E-state index contributed by atoms with van der Waals surface area (Å²) in [5.74, 6) is -0.520. The SMILES string of the molecule is C[C@@H](Oc1ccc(Br)cc1Cl)C(=O)NNC(=O)c1ccccc1. The van der Waals surface area contributed by atoms with Gasteiger partial charge in [-0.1, -0.05) is 45.7 Å². The van der Waals surface area contributed by atoms with E-state index in [2.05, 4.69) is 26.8 Å². The van der Waals surface area contributed by atoms with E-state index in [9.17, 15) is 9.59 Å². The molecule has 5 nitrogen and oxygen atoms in total. The van der Waals surface area contributed by atoms with Crippen LogP contribution in [-0.4, -0.2) is 17.9 Å². The van der Waals surface area contributed by atoms with E-state index < -0.39 is 17.9 Å². The maximum atomic E-state index is 12.0. The molecule has 120 valence electrons. The predicted molar refractivity (Wildman–Crippen MR) is 91.3 cm³/mol. The van der Waals surface area contributed by atoms with Gasteiger partial charge in [0.1, 0.15) is 5.75 Å². The first-order valence-electron chi connectivity index (χ1n) is 6.74. The van der Waals surface area contributed by atoms with Crippen molar-refractivity contribution in [3.63, 3.8) is 0 Å². The third-order valence-corrected chi connectivity index (χ3v) is 3.69. The maximum absolute atomic E-state index is 12.0. The van der Waals surface area contributed by atoms with Crippen LogP contribution < -0.4 is 15.6 Å². The van der Waals surface area contributed by atoms with Gasteiger partial charge in [0.25, 0.3) is 11.8 Å². The molecule has 0 aliphatic rings. The molecule has 2 amide bonds. The van der Waals surface area contributed by atoms with E-state index in [0.29, 0.717) is 16.3 Å². The number of halogens is 2. The number of carbonyl (C=O) groups is 2. The van der Waals surface area contributed by atoms with Gasteiger partial charge in [0.15, 0.2) is 6.10 Å². The predicted octanol–water partition coefficient (Wildman–Crippen LogP) is 3.33. The summed E-state index contributed by atoms with van der Waals surface area (Å²) >= 11 is 9.32. The van der Waals surface area contributed by atoms with Crippen LogP contribution >= 0.6 is 27.5 Å². The number of hydrogen-bond acceptors (Lipinski definition) is 3. The summed E-state index contributed by atoms with van der Waals surface area (Å²) in [6.07, 6.45) is -0.829. The molecule has 1 atom stereocenters. The highest BCUT2D eigenvalue weighted by molar-refractivity contribution is 9.10. The van der Waals surface area contributed by atoms with E-state index >= 15 is 0 Å². The second-order valence-electron chi connectivity index (χ2n) is 4.64. The van der Waals surface area contributed by atoms with Gasteiger partial charge in [0.2, 0.25) is 0 Å². The normalized spacial score (nSPS) is 11.4. The molecule has 0 saturated carbocycles. The van der Waals surface area contributed by atoms with Crippen molar-refractivity contribution in [3.05, 3.63) is 63.6 Å². The van der Waals surface area contributed by atoms with Crippen LogP contribution in [-0.2, 0) is 4.79 Å². The van der Waals surface area contributed by atoms with Crippen molar-refractivity contribution in [2.24, 2.45) is 0 Å². The first-order chi connectivity index (χ1) is 11.0. The van der Waals surface area contributed by atoms with Crippen molar-refractivity contribution >= 4 is 39.3 Å². The van der Waals surface area contributed by atoms with Crippen LogP contribution in [0.25, 0.3) is 0 Å². The van der Waals surface area contributed by atoms with Gasteiger partial charge in [-0.2, -0.15) is 0 Å². The molecule has 0 saturated heterocycles. The van der Waals surface area contributed by atoms with Gasteiger partial charge in [-0.15, -0.1) is 0 Å². The number of rotatable bonds is 4. The van der Waals surface area contributed by atoms with Crippen molar-refractivity contribution in [3.8, 4) is 5.75 Å². The van der Waals surface area contributed by atoms with E-state index in [1.54, 1.807) is 55.5 Å². The summed E-state index contributed by atoms with van der Waals surface area (Å²) in [6, 6.07) is 13.6. The summed E-state index contributed by atoms with van der Waals surface area (Å²) in [5.41, 5.74) is 5.09. The molecule has 0 heterocycles. The number of nitrogens with one attached hydrogen (secondary N) is 2. The first-order valence-corrected chi connectivity index (χ1v) is 7.91. The van der Waals surface area contributed by atoms with E-state index in [1.165, 1.54) is 0 Å². The highest BCUT2D eigenvalue weighted by Crippen LogP contribution is 2.28. The summed E-state index contributed by atoms with van der Waals surface area (Å²) in [7, 11) is 0. The Morgan fingerprint density at radius 1 is 1.13 bits per heavy atom. The summed E-state index contributed by atoms with van der Waals surface area (Å²) in [4.78, 5) is 23.8. The molecule has 23 heavy (non-hydrogen) atoms. The smallest absolute Gasteiger partial charge is 0.279 e. The second-order valence-corrected chi connectivity index (χ2v) is 5.97. The van der Waals surface area contributed by atoms with Gasteiger partial charge in [-0.05, 0) is 37.3 Å². The van der Waals surface area contributed by atoms with Crippen molar-refractivity contribution < 1.29 is 14.3 Å². The molecule has 2 aromatic rings. The van der Waals surface area contributed by atoms with Gasteiger partial charge >= 0.3 is 0 Å². The monoisotopic (exact) mass is 396 g/mol. The summed E-state index contributed by atoms with van der Waals surface area (Å²) in [5, 5.41) is 0.382. The number of hydrogen-bond donors (Lipinski definition) is 2. The molecule has 2 rings (SSSR count). The van der Waals surface area contributed by atoms with Crippen LogP contribution in [0, 0.1) is 0 Å². The minimum Gasteiger partial charge on any atom is -0.479 e. The van der Waals surface area contributed by atoms with E-state index in [4.69, 9.17) is 16.3 Å². The fourth-order valence-corrected chi connectivity index (χ4v) is 2.41. The van der Waals surface area contributed by atoms with Crippen molar-refractivity contribution in [1.29, 1.82) is 0 Å². The van der Waals surface area contributed by atoms with Gasteiger partial charge < -0.3 is 4.74 Å². The lowest BCUT2D eigenvalue weighted by molar-refractivity contribution is -0.128. The van der Waals surface area contributed by atoms with Crippen LogP contribution in [0.1, 0.15) is 17.3 Å². The fourth-order valence-electron chi connectivity index (χ4n) is 1.70. The molecular formula is C16H14BrClN2O3. The number of ether oxygens (including phenoxy) is 1. The Morgan fingerprint density at radius 2 is 1.83 bits per heavy atom. The number of amides is 2. The third-order valence-electron chi connectivity index (χ3n) is 2.90. The van der Waals surface area contributed by atoms with Gasteiger partial charge in [-0.25, -0.2) is 0 Å². The number of benzene rings is 2. The zero-order chi connectivity index (χ0) is 16.8. The van der Waals surface area contributed by atoms with E-state index in [0.717, 1.165) is 4.47 Å². The molecule has 0 spiro atoms. The third kappa shape index (κ3) is 4.97. The molecule has 0 bridgehead atoms. The summed E-state index contributed by atoms with van der Waals surface area (Å²) in [6.45, 7) is 1.56. The van der Waals surface area contributed by atoms with Crippen LogP contribution in [0.5, 0.6) is 5.75 Å². The minimum absolute atomic E-state index is 0.381. The molecular weight excluding hydrogens is 384 g/mol.